The van der Waals surface area contributed by atoms with Gasteiger partial charge in [0, 0.05) is 18.7 Å². The predicted octanol–water partition coefficient (Wildman–Crippen LogP) is 3.90. The van der Waals surface area contributed by atoms with Crippen LogP contribution in [0.25, 0.3) is 11.4 Å². The molecule has 0 radical (unpaired) electrons. The average molecular weight is 344 g/mol. The van der Waals surface area contributed by atoms with Gasteiger partial charge in [0.05, 0.1) is 21.4 Å². The lowest BCUT2D eigenvalue weighted by Crippen LogP contribution is -2.16. The van der Waals surface area contributed by atoms with Gasteiger partial charge < -0.3 is 0 Å². The fourth-order valence-electron chi connectivity index (χ4n) is 1.86. The molecule has 0 aliphatic rings. The number of aryl methyl sites for hydroxylation is 2. The standard InChI is InChI=1S/C13H16BrClN4/c1-7-8(6-19(5)18-7)12-16-10(13(2,3)4)9(14)11(15)17-12/h6H,1-5H3. The van der Waals surface area contributed by atoms with Crippen LogP contribution >= 0.6 is 27.5 Å². The second-order valence-electron chi connectivity index (χ2n) is 5.55. The Labute approximate surface area is 126 Å². The zero-order chi connectivity index (χ0) is 14.4. The smallest absolute Gasteiger partial charge is 0.164 e. The number of aromatic nitrogens is 4. The third kappa shape index (κ3) is 2.82. The van der Waals surface area contributed by atoms with E-state index in [1.54, 1.807) is 4.68 Å². The largest absolute Gasteiger partial charge is 0.275 e. The SMILES string of the molecule is Cc1nn(C)cc1-c1nc(Cl)c(Br)c(C(C)(C)C)n1. The van der Waals surface area contributed by atoms with E-state index in [1.807, 2.05) is 20.2 Å². The van der Waals surface area contributed by atoms with E-state index >= 15 is 0 Å². The van der Waals surface area contributed by atoms with E-state index in [0.29, 0.717) is 11.0 Å². The van der Waals surface area contributed by atoms with Crippen molar-refractivity contribution in [3.05, 3.63) is 27.2 Å². The van der Waals surface area contributed by atoms with Crippen molar-refractivity contribution >= 4 is 27.5 Å². The summed E-state index contributed by atoms with van der Waals surface area (Å²) in [5.41, 5.74) is 2.57. The molecule has 0 saturated heterocycles. The van der Waals surface area contributed by atoms with Gasteiger partial charge in [-0.15, -0.1) is 0 Å². The quantitative estimate of drug-likeness (QED) is 0.738. The molecule has 0 unspecified atom stereocenters. The molecule has 19 heavy (non-hydrogen) atoms. The summed E-state index contributed by atoms with van der Waals surface area (Å²) in [6.07, 6.45) is 1.90. The lowest BCUT2D eigenvalue weighted by molar-refractivity contribution is 0.564. The first-order valence-corrected chi connectivity index (χ1v) is 7.11. The van der Waals surface area contributed by atoms with E-state index in [9.17, 15) is 0 Å². The lowest BCUT2D eigenvalue weighted by Gasteiger charge is -2.20. The van der Waals surface area contributed by atoms with Gasteiger partial charge in [0.25, 0.3) is 0 Å². The summed E-state index contributed by atoms with van der Waals surface area (Å²) in [5.74, 6) is 0.615. The fraction of sp³-hybridized carbons (Fsp3) is 0.462. The van der Waals surface area contributed by atoms with Gasteiger partial charge in [0.2, 0.25) is 0 Å². The summed E-state index contributed by atoms with van der Waals surface area (Å²) in [4.78, 5) is 9.00. The Hall–Kier alpha value is -0.940. The van der Waals surface area contributed by atoms with Crippen LogP contribution in [0.1, 0.15) is 32.2 Å². The zero-order valence-corrected chi connectivity index (χ0v) is 14.0. The molecule has 0 fully saturated rings. The third-order valence-corrected chi connectivity index (χ3v) is 4.03. The fourth-order valence-corrected chi connectivity index (χ4v) is 2.80. The molecule has 4 nitrogen and oxygen atoms in total. The third-order valence-electron chi connectivity index (χ3n) is 2.78. The molecule has 0 amide bonds. The van der Waals surface area contributed by atoms with Gasteiger partial charge in [0.1, 0.15) is 5.15 Å². The summed E-state index contributed by atoms with van der Waals surface area (Å²) < 4.78 is 2.51. The van der Waals surface area contributed by atoms with Crippen molar-refractivity contribution in [3.63, 3.8) is 0 Å². The number of hydrogen-bond donors (Lipinski definition) is 0. The van der Waals surface area contributed by atoms with Crippen molar-refractivity contribution in [3.8, 4) is 11.4 Å². The highest BCUT2D eigenvalue weighted by molar-refractivity contribution is 9.10. The maximum atomic E-state index is 6.21. The molecule has 0 aliphatic carbocycles. The Bertz CT molecular complexity index is 628. The first kappa shape index (κ1) is 14.5. The maximum absolute atomic E-state index is 6.21. The van der Waals surface area contributed by atoms with Crippen molar-refractivity contribution < 1.29 is 0 Å². The molecule has 2 aromatic heterocycles. The van der Waals surface area contributed by atoms with Crippen LogP contribution in [-0.4, -0.2) is 19.7 Å². The summed E-state index contributed by atoms with van der Waals surface area (Å²) in [7, 11) is 1.88. The second kappa shape index (κ2) is 4.87. The Morgan fingerprint density at radius 2 is 1.89 bits per heavy atom. The molecule has 102 valence electrons. The van der Waals surface area contributed by atoms with Gasteiger partial charge in [-0.2, -0.15) is 5.10 Å². The average Bonchev–Trinajstić information content (AvgIpc) is 2.60. The first-order valence-electron chi connectivity index (χ1n) is 5.94. The molecule has 6 heteroatoms. The van der Waals surface area contributed by atoms with Crippen LogP contribution in [0.15, 0.2) is 10.7 Å². The summed E-state index contributed by atoms with van der Waals surface area (Å²) >= 11 is 9.68. The van der Waals surface area contributed by atoms with Crippen LogP contribution in [0.3, 0.4) is 0 Å². The lowest BCUT2D eigenvalue weighted by atomic mass is 9.92. The van der Waals surface area contributed by atoms with Crippen LogP contribution in [-0.2, 0) is 12.5 Å². The van der Waals surface area contributed by atoms with Crippen LogP contribution in [0.2, 0.25) is 5.15 Å². The molecule has 2 rings (SSSR count). The molecule has 0 aliphatic heterocycles. The van der Waals surface area contributed by atoms with Gasteiger partial charge >= 0.3 is 0 Å². The van der Waals surface area contributed by atoms with Gasteiger partial charge in [-0.1, -0.05) is 32.4 Å². The highest BCUT2D eigenvalue weighted by Crippen LogP contribution is 2.34. The Kier molecular flexibility index (Phi) is 3.71. The van der Waals surface area contributed by atoms with Crippen LogP contribution < -0.4 is 0 Å². The molecule has 0 saturated carbocycles. The minimum Gasteiger partial charge on any atom is -0.275 e. The molecular formula is C13H16BrClN4. The van der Waals surface area contributed by atoms with Gasteiger partial charge in [-0.25, -0.2) is 9.97 Å². The van der Waals surface area contributed by atoms with E-state index in [1.165, 1.54) is 0 Å². The van der Waals surface area contributed by atoms with E-state index in [-0.39, 0.29) is 5.41 Å². The summed E-state index contributed by atoms with van der Waals surface area (Å²) in [6.45, 7) is 8.22. The van der Waals surface area contributed by atoms with Crippen molar-refractivity contribution in [2.24, 2.45) is 7.05 Å². The van der Waals surface area contributed by atoms with E-state index < -0.39 is 0 Å². The van der Waals surface area contributed by atoms with Gasteiger partial charge in [-0.05, 0) is 22.9 Å². The van der Waals surface area contributed by atoms with E-state index in [4.69, 9.17) is 11.6 Å². The highest BCUT2D eigenvalue weighted by Gasteiger charge is 2.23. The monoisotopic (exact) mass is 342 g/mol. The minimum atomic E-state index is -0.115. The minimum absolute atomic E-state index is 0.115. The van der Waals surface area contributed by atoms with Gasteiger partial charge in [0.15, 0.2) is 5.82 Å². The van der Waals surface area contributed by atoms with Crippen LogP contribution in [0, 0.1) is 6.92 Å². The molecule has 0 atom stereocenters. The molecular weight excluding hydrogens is 328 g/mol. The zero-order valence-electron chi connectivity index (χ0n) is 11.6. The van der Waals surface area contributed by atoms with Crippen LogP contribution in [0.5, 0.6) is 0 Å². The number of rotatable bonds is 1. The Morgan fingerprint density at radius 3 is 2.37 bits per heavy atom. The maximum Gasteiger partial charge on any atom is 0.164 e. The molecule has 0 N–H and O–H groups in total. The molecule has 2 heterocycles. The van der Waals surface area contributed by atoms with Gasteiger partial charge in [-0.3, -0.25) is 4.68 Å². The Morgan fingerprint density at radius 1 is 1.26 bits per heavy atom. The van der Waals surface area contributed by atoms with Crippen LogP contribution in [0.4, 0.5) is 0 Å². The van der Waals surface area contributed by atoms with Crippen molar-refractivity contribution in [1.29, 1.82) is 0 Å². The first-order chi connectivity index (χ1) is 8.70. The molecule has 2 aromatic rings. The number of hydrogen-bond acceptors (Lipinski definition) is 3. The number of halogens is 2. The van der Waals surface area contributed by atoms with Crippen molar-refractivity contribution in [2.45, 2.75) is 33.1 Å². The normalized spacial score (nSPS) is 11.9. The van der Waals surface area contributed by atoms with E-state index in [0.717, 1.165) is 21.4 Å². The summed E-state index contributed by atoms with van der Waals surface area (Å²) in [6, 6.07) is 0. The predicted molar refractivity (Wildman–Crippen MR) is 80.4 cm³/mol. The van der Waals surface area contributed by atoms with Crippen molar-refractivity contribution in [2.75, 3.05) is 0 Å². The molecule has 0 bridgehead atoms. The number of nitrogens with zero attached hydrogens (tertiary/aromatic N) is 4. The molecule has 0 aromatic carbocycles. The summed E-state index contributed by atoms with van der Waals surface area (Å²) in [5, 5.41) is 4.74. The highest BCUT2D eigenvalue weighted by atomic mass is 79.9. The van der Waals surface area contributed by atoms with E-state index in [2.05, 4.69) is 51.8 Å². The Balaban J connectivity index is 2.67. The molecule has 0 spiro atoms. The van der Waals surface area contributed by atoms with Crippen molar-refractivity contribution in [1.82, 2.24) is 19.7 Å². The second-order valence-corrected chi connectivity index (χ2v) is 6.70. The topological polar surface area (TPSA) is 43.6 Å².